The monoisotopic (exact) mass is 262 g/mol. The minimum absolute atomic E-state index is 0.0000491. The summed E-state index contributed by atoms with van der Waals surface area (Å²) in [5.41, 5.74) is 2.37. The number of para-hydroxylation sites is 1. The molecule has 1 aromatic heterocycles. The van der Waals surface area contributed by atoms with Crippen LogP contribution in [-0.4, -0.2) is 4.57 Å². The normalized spacial score (nSPS) is 10.8. The smallest absolute Gasteiger partial charge is 0.197 e. The molecular formula is C17H14N2O. The molecule has 2 aromatic carbocycles. The first-order chi connectivity index (χ1) is 9.76. The fourth-order valence-electron chi connectivity index (χ4n) is 2.66. The number of hydrogen-bond donors (Lipinski definition) is 0. The molecule has 0 bridgehead atoms. The molecule has 0 aliphatic rings. The fourth-order valence-corrected chi connectivity index (χ4v) is 2.66. The molecule has 0 aliphatic carbocycles. The molecule has 3 heteroatoms. The first kappa shape index (κ1) is 12.4. The Bertz CT molecular complexity index is 900. The van der Waals surface area contributed by atoms with E-state index < -0.39 is 0 Å². The van der Waals surface area contributed by atoms with Crippen LogP contribution in [-0.2, 0) is 6.54 Å². The molecule has 0 spiro atoms. The molecule has 1 heterocycles. The third-order valence-electron chi connectivity index (χ3n) is 3.55. The second-order valence-corrected chi connectivity index (χ2v) is 4.84. The molecule has 3 aromatic rings. The summed E-state index contributed by atoms with van der Waals surface area (Å²) in [7, 11) is 0. The van der Waals surface area contributed by atoms with Crippen molar-refractivity contribution < 1.29 is 0 Å². The van der Waals surface area contributed by atoms with Gasteiger partial charge in [0.05, 0.1) is 22.7 Å². The van der Waals surface area contributed by atoms with Crippen LogP contribution in [0.25, 0.3) is 21.8 Å². The van der Waals surface area contributed by atoms with Crippen LogP contribution < -0.4 is 5.43 Å². The molecule has 20 heavy (non-hydrogen) atoms. The number of aromatic nitrogens is 1. The largest absolute Gasteiger partial charge is 0.340 e. The number of fused-ring (bicyclic) bond motifs is 2. The fraction of sp³-hybridized carbons (Fsp3) is 0.176. The van der Waals surface area contributed by atoms with E-state index in [0.29, 0.717) is 16.3 Å². The van der Waals surface area contributed by atoms with Gasteiger partial charge in [0.1, 0.15) is 0 Å². The van der Waals surface area contributed by atoms with E-state index in [2.05, 4.69) is 17.6 Å². The number of nitriles is 1. The van der Waals surface area contributed by atoms with Gasteiger partial charge in [-0.1, -0.05) is 19.1 Å². The van der Waals surface area contributed by atoms with E-state index in [1.165, 1.54) is 0 Å². The van der Waals surface area contributed by atoms with E-state index >= 15 is 0 Å². The highest BCUT2D eigenvalue weighted by Crippen LogP contribution is 2.20. The Hall–Kier alpha value is -2.60. The van der Waals surface area contributed by atoms with Crippen LogP contribution in [0.3, 0.4) is 0 Å². The lowest BCUT2D eigenvalue weighted by molar-refractivity contribution is 0.720. The summed E-state index contributed by atoms with van der Waals surface area (Å²) >= 11 is 0. The van der Waals surface area contributed by atoms with Crippen LogP contribution in [0.2, 0.25) is 0 Å². The lowest BCUT2D eigenvalue weighted by Gasteiger charge is -2.14. The Morgan fingerprint density at radius 2 is 1.85 bits per heavy atom. The maximum absolute atomic E-state index is 12.6. The number of nitrogens with zero attached hydrogens (tertiary/aromatic N) is 2. The van der Waals surface area contributed by atoms with Crippen LogP contribution in [0, 0.1) is 11.3 Å². The van der Waals surface area contributed by atoms with Crippen molar-refractivity contribution in [2.24, 2.45) is 0 Å². The summed E-state index contributed by atoms with van der Waals surface area (Å²) in [6, 6.07) is 15.1. The molecule has 3 nitrogen and oxygen atoms in total. The van der Waals surface area contributed by atoms with Gasteiger partial charge in [-0.25, -0.2) is 0 Å². The molecule has 0 N–H and O–H groups in total. The number of aryl methyl sites for hydroxylation is 1. The maximum Gasteiger partial charge on any atom is 0.197 e. The molecular weight excluding hydrogens is 248 g/mol. The van der Waals surface area contributed by atoms with E-state index in [4.69, 9.17) is 5.26 Å². The Morgan fingerprint density at radius 1 is 1.10 bits per heavy atom. The van der Waals surface area contributed by atoms with Crippen LogP contribution in [0.15, 0.2) is 47.3 Å². The molecule has 0 aliphatic heterocycles. The average Bonchev–Trinajstić information content (AvgIpc) is 2.51. The van der Waals surface area contributed by atoms with Crippen molar-refractivity contribution in [3.63, 3.8) is 0 Å². The van der Waals surface area contributed by atoms with Gasteiger partial charge in [-0.2, -0.15) is 5.26 Å². The van der Waals surface area contributed by atoms with E-state index in [-0.39, 0.29) is 5.43 Å². The van der Waals surface area contributed by atoms with Gasteiger partial charge in [0.2, 0.25) is 0 Å². The highest BCUT2D eigenvalue weighted by atomic mass is 16.1. The zero-order valence-electron chi connectivity index (χ0n) is 11.3. The first-order valence-electron chi connectivity index (χ1n) is 6.71. The minimum atomic E-state index is 0.0000491. The number of rotatable bonds is 2. The lowest BCUT2D eigenvalue weighted by atomic mass is 10.1. The Morgan fingerprint density at radius 3 is 2.60 bits per heavy atom. The number of pyridine rings is 1. The third kappa shape index (κ3) is 1.78. The van der Waals surface area contributed by atoms with E-state index in [1.54, 1.807) is 12.1 Å². The van der Waals surface area contributed by atoms with Crippen LogP contribution in [0.5, 0.6) is 0 Å². The standard InChI is InChI=1S/C17H14N2O/c1-2-9-19-15-6-4-3-5-13(15)17(20)14-10-12(11-18)7-8-16(14)19/h3-8,10H,2,9H2,1H3. The summed E-state index contributed by atoms with van der Waals surface area (Å²) in [5.74, 6) is 0. The van der Waals surface area contributed by atoms with Gasteiger partial charge in [0, 0.05) is 17.3 Å². The van der Waals surface area contributed by atoms with E-state index in [9.17, 15) is 4.79 Å². The molecule has 0 saturated carbocycles. The van der Waals surface area contributed by atoms with Gasteiger partial charge in [-0.15, -0.1) is 0 Å². The molecule has 0 atom stereocenters. The third-order valence-corrected chi connectivity index (χ3v) is 3.55. The highest BCUT2D eigenvalue weighted by molar-refractivity contribution is 5.94. The van der Waals surface area contributed by atoms with Gasteiger partial charge in [-0.3, -0.25) is 4.79 Å². The Balaban J connectivity index is 2.56. The van der Waals surface area contributed by atoms with Crippen molar-refractivity contribution in [1.29, 1.82) is 5.26 Å². The topological polar surface area (TPSA) is 45.8 Å². The second-order valence-electron chi connectivity index (χ2n) is 4.84. The summed E-state index contributed by atoms with van der Waals surface area (Å²) in [6.07, 6.45) is 0.988. The summed E-state index contributed by atoms with van der Waals surface area (Å²) < 4.78 is 2.16. The van der Waals surface area contributed by atoms with Gasteiger partial charge < -0.3 is 4.57 Å². The summed E-state index contributed by atoms with van der Waals surface area (Å²) in [5, 5.41) is 10.3. The molecule has 0 saturated heterocycles. The van der Waals surface area contributed by atoms with Crippen molar-refractivity contribution in [2.45, 2.75) is 19.9 Å². The maximum atomic E-state index is 12.6. The van der Waals surface area contributed by atoms with Crippen LogP contribution in [0.1, 0.15) is 18.9 Å². The van der Waals surface area contributed by atoms with Gasteiger partial charge in [0.25, 0.3) is 0 Å². The summed E-state index contributed by atoms with van der Waals surface area (Å²) in [6.45, 7) is 2.96. The minimum Gasteiger partial charge on any atom is -0.340 e. The lowest BCUT2D eigenvalue weighted by Crippen LogP contribution is -2.11. The molecule has 3 rings (SSSR count). The average molecular weight is 262 g/mol. The van der Waals surface area contributed by atoms with Gasteiger partial charge >= 0.3 is 0 Å². The summed E-state index contributed by atoms with van der Waals surface area (Å²) in [4.78, 5) is 12.6. The van der Waals surface area contributed by atoms with E-state index in [0.717, 1.165) is 24.0 Å². The quantitative estimate of drug-likeness (QED) is 0.664. The number of benzene rings is 2. The van der Waals surface area contributed by atoms with Gasteiger partial charge in [-0.05, 0) is 36.8 Å². The molecule has 0 radical (unpaired) electrons. The molecule has 98 valence electrons. The van der Waals surface area contributed by atoms with Crippen LogP contribution >= 0.6 is 0 Å². The SMILES string of the molecule is CCCn1c2ccccc2c(=O)c2cc(C#N)ccc21. The predicted molar refractivity (Wildman–Crippen MR) is 80.7 cm³/mol. The van der Waals surface area contributed by atoms with Crippen molar-refractivity contribution in [3.05, 3.63) is 58.3 Å². The second kappa shape index (κ2) is 4.82. The molecule has 0 fully saturated rings. The highest BCUT2D eigenvalue weighted by Gasteiger charge is 2.10. The first-order valence-corrected chi connectivity index (χ1v) is 6.71. The van der Waals surface area contributed by atoms with Crippen LogP contribution in [0.4, 0.5) is 0 Å². The Kier molecular flexibility index (Phi) is 3.00. The van der Waals surface area contributed by atoms with Crippen molar-refractivity contribution in [1.82, 2.24) is 4.57 Å². The Labute approximate surface area is 116 Å². The number of hydrogen-bond acceptors (Lipinski definition) is 2. The predicted octanol–water partition coefficient (Wildman–Crippen LogP) is 3.44. The zero-order chi connectivity index (χ0) is 14.1. The van der Waals surface area contributed by atoms with Gasteiger partial charge in [0.15, 0.2) is 5.43 Å². The molecule has 0 unspecified atom stereocenters. The van der Waals surface area contributed by atoms with Crippen molar-refractivity contribution >= 4 is 21.8 Å². The van der Waals surface area contributed by atoms with Crippen molar-refractivity contribution in [2.75, 3.05) is 0 Å². The molecule has 0 amide bonds. The van der Waals surface area contributed by atoms with E-state index in [1.807, 2.05) is 30.3 Å². The zero-order valence-corrected chi connectivity index (χ0v) is 11.3. The van der Waals surface area contributed by atoms with Crippen molar-refractivity contribution in [3.8, 4) is 6.07 Å².